The van der Waals surface area contributed by atoms with Crippen LogP contribution in [-0.4, -0.2) is 39.3 Å². The molecule has 0 spiro atoms. The molecule has 0 amide bonds. The number of rotatable bonds is 10. The predicted molar refractivity (Wildman–Crippen MR) is 151 cm³/mol. The molecule has 0 bridgehead atoms. The summed E-state index contributed by atoms with van der Waals surface area (Å²) in [6, 6.07) is 14.3. The monoisotopic (exact) mass is 611 g/mol. The number of fused-ring (bicyclic) bond motifs is 1. The van der Waals surface area contributed by atoms with Crippen molar-refractivity contribution >= 4 is 17.0 Å². The van der Waals surface area contributed by atoms with Gasteiger partial charge in [0.05, 0.1) is 34.5 Å². The quantitative estimate of drug-likeness (QED) is 0.168. The lowest BCUT2D eigenvalue weighted by Gasteiger charge is -2.14. The van der Waals surface area contributed by atoms with Gasteiger partial charge in [-0.2, -0.15) is 13.2 Å². The number of methoxy groups -OCH3 is 1. The highest BCUT2D eigenvalue weighted by molar-refractivity contribution is 5.92. The van der Waals surface area contributed by atoms with Crippen LogP contribution < -0.4 is 4.74 Å². The van der Waals surface area contributed by atoms with Gasteiger partial charge in [0.2, 0.25) is 5.88 Å². The summed E-state index contributed by atoms with van der Waals surface area (Å²) in [6.45, 7) is 1.96. The Morgan fingerprint density at radius 2 is 1.68 bits per heavy atom. The third-order valence-electron chi connectivity index (χ3n) is 7.00. The van der Waals surface area contributed by atoms with Gasteiger partial charge >= 0.3 is 12.1 Å². The van der Waals surface area contributed by atoms with Crippen LogP contribution >= 0.6 is 0 Å². The van der Waals surface area contributed by atoms with E-state index in [2.05, 4.69) is 9.97 Å². The number of imidazole rings is 1. The van der Waals surface area contributed by atoms with Crippen LogP contribution in [0.3, 0.4) is 0 Å². The Morgan fingerprint density at radius 3 is 2.36 bits per heavy atom. The van der Waals surface area contributed by atoms with Crippen LogP contribution in [0.25, 0.3) is 22.3 Å². The molecule has 0 fully saturated rings. The SMILES string of the molecule is COCCn1c(Cc2ccc(-c3cc(C(F)(F)F)cc(OCc4ccc(C)cc4F)n3)cc2F)nc2ccc(C(=O)O)cc21. The summed E-state index contributed by atoms with van der Waals surface area (Å²) in [6.07, 6.45) is -4.73. The molecule has 0 unspecified atom stereocenters. The van der Waals surface area contributed by atoms with Gasteiger partial charge in [0, 0.05) is 37.3 Å². The highest BCUT2D eigenvalue weighted by atomic mass is 19.4. The number of nitrogens with zero attached hydrogens (tertiary/aromatic N) is 3. The number of carboxylic acids is 1. The van der Waals surface area contributed by atoms with E-state index in [1.54, 1.807) is 23.6 Å². The number of halogens is 5. The Kier molecular flexibility index (Phi) is 8.63. The largest absolute Gasteiger partial charge is 0.478 e. The molecule has 3 aromatic carbocycles. The lowest BCUT2D eigenvalue weighted by molar-refractivity contribution is -0.137. The normalized spacial score (nSPS) is 11.7. The lowest BCUT2D eigenvalue weighted by Crippen LogP contribution is -2.10. The van der Waals surface area contributed by atoms with Gasteiger partial charge < -0.3 is 19.1 Å². The van der Waals surface area contributed by atoms with Crippen molar-refractivity contribution in [1.29, 1.82) is 0 Å². The summed E-state index contributed by atoms with van der Waals surface area (Å²) in [5.74, 6) is -2.32. The third-order valence-corrected chi connectivity index (χ3v) is 7.00. The van der Waals surface area contributed by atoms with Crippen molar-refractivity contribution in [2.75, 3.05) is 13.7 Å². The van der Waals surface area contributed by atoms with Crippen LogP contribution in [0.4, 0.5) is 22.0 Å². The number of pyridine rings is 1. The third kappa shape index (κ3) is 6.70. The molecule has 0 aliphatic heterocycles. The summed E-state index contributed by atoms with van der Waals surface area (Å²) in [5, 5.41) is 9.40. The molecule has 1 N–H and O–H groups in total. The van der Waals surface area contributed by atoms with Crippen LogP contribution in [0.5, 0.6) is 5.88 Å². The van der Waals surface area contributed by atoms with Crippen molar-refractivity contribution in [3.8, 4) is 17.1 Å². The van der Waals surface area contributed by atoms with E-state index in [0.29, 0.717) is 41.6 Å². The van der Waals surface area contributed by atoms with Gasteiger partial charge in [0.1, 0.15) is 24.1 Å². The molecule has 7 nitrogen and oxygen atoms in total. The average molecular weight is 612 g/mol. The molecule has 0 saturated heterocycles. The highest BCUT2D eigenvalue weighted by Crippen LogP contribution is 2.35. The maximum atomic E-state index is 15.4. The minimum Gasteiger partial charge on any atom is -0.478 e. The number of hydrogen-bond acceptors (Lipinski definition) is 5. The van der Waals surface area contributed by atoms with E-state index in [0.717, 1.165) is 12.1 Å². The van der Waals surface area contributed by atoms with E-state index in [-0.39, 0.29) is 41.0 Å². The van der Waals surface area contributed by atoms with Gasteiger partial charge in [-0.25, -0.2) is 23.5 Å². The summed E-state index contributed by atoms with van der Waals surface area (Å²) in [4.78, 5) is 20.2. The zero-order valence-corrected chi connectivity index (χ0v) is 23.6. The Morgan fingerprint density at radius 1 is 0.932 bits per heavy atom. The fourth-order valence-electron chi connectivity index (χ4n) is 4.70. The Bertz CT molecular complexity index is 1850. The summed E-state index contributed by atoms with van der Waals surface area (Å²) in [7, 11) is 1.51. The lowest BCUT2D eigenvalue weighted by atomic mass is 10.0. The molecule has 12 heteroatoms. The van der Waals surface area contributed by atoms with Crippen LogP contribution in [-0.2, 0) is 30.5 Å². The first kappa shape index (κ1) is 30.6. The number of carboxylic acid groups (broad SMARTS) is 1. The van der Waals surface area contributed by atoms with Crippen LogP contribution in [0.2, 0.25) is 0 Å². The summed E-state index contributed by atoms with van der Waals surface area (Å²) < 4.78 is 83.3. The molecule has 0 aliphatic rings. The average Bonchev–Trinajstić information content (AvgIpc) is 3.32. The van der Waals surface area contributed by atoms with Gasteiger partial charge in [-0.05, 0) is 54.4 Å². The number of benzene rings is 3. The maximum Gasteiger partial charge on any atom is 0.416 e. The minimum absolute atomic E-state index is 0.0133. The van der Waals surface area contributed by atoms with E-state index in [1.165, 1.54) is 43.5 Å². The van der Waals surface area contributed by atoms with Gasteiger partial charge in [0.15, 0.2) is 0 Å². The first-order valence-corrected chi connectivity index (χ1v) is 13.4. The molecule has 2 aromatic heterocycles. The van der Waals surface area contributed by atoms with E-state index >= 15 is 4.39 Å². The van der Waals surface area contributed by atoms with Gasteiger partial charge in [-0.3, -0.25) is 0 Å². The number of aryl methyl sites for hydroxylation is 1. The number of aromatic nitrogens is 3. The van der Waals surface area contributed by atoms with Crippen molar-refractivity contribution in [3.05, 3.63) is 112 Å². The standard InChI is InChI=1S/C32H26F5N3O4/c1-18-3-4-22(24(33)11-18)17-44-30-16-23(32(35,36)37)15-27(39-30)20-6-5-19(25(34)12-20)14-29-38-26-8-7-21(31(41)42)13-28(26)40(29)9-10-43-2/h3-8,11-13,15-16H,9-10,14,17H2,1-2H3,(H,41,42). The van der Waals surface area contributed by atoms with Gasteiger partial charge in [-0.15, -0.1) is 0 Å². The number of hydrogen-bond donors (Lipinski definition) is 1. The van der Waals surface area contributed by atoms with Crippen molar-refractivity contribution < 1.29 is 41.3 Å². The first-order valence-electron chi connectivity index (χ1n) is 13.4. The van der Waals surface area contributed by atoms with E-state index in [1.807, 2.05) is 0 Å². The van der Waals surface area contributed by atoms with E-state index < -0.39 is 35.2 Å². The van der Waals surface area contributed by atoms with Crippen molar-refractivity contribution in [2.24, 2.45) is 0 Å². The first-order chi connectivity index (χ1) is 20.9. The Labute approximate surface area is 248 Å². The molecule has 5 aromatic rings. The highest BCUT2D eigenvalue weighted by Gasteiger charge is 2.32. The van der Waals surface area contributed by atoms with Crippen LogP contribution in [0.1, 0.15) is 38.4 Å². The Balaban J connectivity index is 1.46. The van der Waals surface area contributed by atoms with E-state index in [4.69, 9.17) is 9.47 Å². The van der Waals surface area contributed by atoms with Crippen molar-refractivity contribution in [2.45, 2.75) is 32.7 Å². The second-order valence-electron chi connectivity index (χ2n) is 10.1. The molecule has 0 saturated carbocycles. The summed E-state index contributed by atoms with van der Waals surface area (Å²) in [5.41, 5.74) is 0.987. The molecule has 228 valence electrons. The molecule has 0 atom stereocenters. The van der Waals surface area contributed by atoms with E-state index in [9.17, 15) is 27.5 Å². The number of alkyl halides is 3. The second kappa shape index (κ2) is 12.4. The molecule has 0 radical (unpaired) electrons. The molecule has 2 heterocycles. The number of carbonyl (C=O) groups is 1. The zero-order valence-electron chi connectivity index (χ0n) is 23.6. The molecule has 44 heavy (non-hydrogen) atoms. The van der Waals surface area contributed by atoms with Crippen molar-refractivity contribution in [1.82, 2.24) is 14.5 Å². The molecule has 0 aliphatic carbocycles. The molecular formula is C32H26F5N3O4. The Hall–Kier alpha value is -4.84. The summed E-state index contributed by atoms with van der Waals surface area (Å²) >= 11 is 0. The van der Waals surface area contributed by atoms with Crippen LogP contribution in [0.15, 0.2) is 66.7 Å². The molecule has 5 rings (SSSR count). The van der Waals surface area contributed by atoms with Crippen LogP contribution in [0, 0.1) is 18.6 Å². The zero-order chi connectivity index (χ0) is 31.6. The van der Waals surface area contributed by atoms with Gasteiger partial charge in [-0.1, -0.05) is 24.3 Å². The fourth-order valence-corrected chi connectivity index (χ4v) is 4.70. The van der Waals surface area contributed by atoms with Crippen molar-refractivity contribution in [3.63, 3.8) is 0 Å². The predicted octanol–water partition coefficient (Wildman–Crippen LogP) is 7.22. The smallest absolute Gasteiger partial charge is 0.416 e. The topological polar surface area (TPSA) is 86.5 Å². The molecular weight excluding hydrogens is 585 g/mol. The number of aromatic carboxylic acids is 1. The maximum absolute atomic E-state index is 15.4. The minimum atomic E-state index is -4.74. The fraction of sp³-hybridized carbons (Fsp3) is 0.219. The second-order valence-corrected chi connectivity index (χ2v) is 10.1. The number of ether oxygens (including phenoxy) is 2. The van der Waals surface area contributed by atoms with Gasteiger partial charge in [0.25, 0.3) is 0 Å².